The van der Waals surface area contributed by atoms with Gasteiger partial charge in [-0.25, -0.2) is 4.39 Å². The van der Waals surface area contributed by atoms with Crippen molar-refractivity contribution in [2.75, 3.05) is 18.6 Å². The molecule has 0 fully saturated rings. The van der Waals surface area contributed by atoms with Crippen molar-refractivity contribution in [1.82, 2.24) is 0 Å². The minimum absolute atomic E-state index is 0.160. The smallest absolute Gasteiger partial charge is 0.272 e. The van der Waals surface area contributed by atoms with E-state index < -0.39 is 10.7 Å². The summed E-state index contributed by atoms with van der Waals surface area (Å²) in [5, 5.41) is 20.0. The highest BCUT2D eigenvalue weighted by Crippen LogP contribution is 2.30. The number of hydrogen-bond acceptors (Lipinski definition) is 4. The van der Waals surface area contributed by atoms with E-state index in [1.807, 2.05) is 30.3 Å². The molecule has 0 aliphatic carbocycles. The first kappa shape index (κ1) is 15.9. The van der Waals surface area contributed by atoms with Gasteiger partial charge in [0.25, 0.3) is 5.69 Å². The van der Waals surface area contributed by atoms with Crippen molar-refractivity contribution in [3.05, 3.63) is 69.5 Å². The van der Waals surface area contributed by atoms with Crippen molar-refractivity contribution in [2.24, 2.45) is 0 Å². The van der Waals surface area contributed by atoms with Crippen molar-refractivity contribution in [2.45, 2.75) is 13.0 Å². The minimum atomic E-state index is -0.656. The van der Waals surface area contributed by atoms with Crippen LogP contribution in [0.25, 0.3) is 0 Å². The average molecular weight is 304 g/mol. The lowest BCUT2D eigenvalue weighted by molar-refractivity contribution is -0.385. The van der Waals surface area contributed by atoms with E-state index in [0.29, 0.717) is 12.1 Å². The number of benzene rings is 2. The van der Waals surface area contributed by atoms with Crippen LogP contribution in [0.1, 0.15) is 11.1 Å². The van der Waals surface area contributed by atoms with Gasteiger partial charge in [0.2, 0.25) is 0 Å². The van der Waals surface area contributed by atoms with E-state index in [9.17, 15) is 14.5 Å². The zero-order valence-corrected chi connectivity index (χ0v) is 12.2. The maximum Gasteiger partial charge on any atom is 0.272 e. The molecule has 0 unspecified atom stereocenters. The van der Waals surface area contributed by atoms with Crippen LogP contribution < -0.4 is 4.90 Å². The molecule has 0 amide bonds. The Morgan fingerprint density at radius 3 is 2.55 bits per heavy atom. The van der Waals surface area contributed by atoms with Crippen LogP contribution in [0.5, 0.6) is 0 Å². The van der Waals surface area contributed by atoms with E-state index in [1.165, 1.54) is 6.07 Å². The van der Waals surface area contributed by atoms with Crippen molar-refractivity contribution in [1.29, 1.82) is 0 Å². The summed E-state index contributed by atoms with van der Waals surface area (Å²) in [5.74, 6) is -0.656. The van der Waals surface area contributed by atoms with Crippen molar-refractivity contribution >= 4 is 11.4 Å². The molecule has 0 heterocycles. The molecule has 116 valence electrons. The van der Waals surface area contributed by atoms with Gasteiger partial charge in [0.1, 0.15) is 0 Å². The molecule has 0 bridgehead atoms. The normalized spacial score (nSPS) is 10.5. The number of non-ortho nitro benzene ring substituents is 1. The highest BCUT2D eigenvalue weighted by Gasteiger charge is 2.19. The lowest BCUT2D eigenvalue weighted by Gasteiger charge is -2.23. The van der Waals surface area contributed by atoms with E-state index in [-0.39, 0.29) is 24.4 Å². The van der Waals surface area contributed by atoms with Gasteiger partial charge in [-0.3, -0.25) is 10.1 Å². The maximum atomic E-state index is 14.3. The Hall–Kier alpha value is -2.47. The molecule has 0 radical (unpaired) electrons. The van der Waals surface area contributed by atoms with Gasteiger partial charge in [-0.15, -0.1) is 0 Å². The predicted molar refractivity (Wildman–Crippen MR) is 82.4 cm³/mol. The number of aliphatic hydroxyl groups is 1. The standard InChI is InChI=1S/C16H17FN2O3/c1-18(11-12-5-3-2-4-6-12)16-13(7-8-20)9-14(19(21)22)10-15(16)17/h2-6,9-10,20H,7-8,11H2,1H3. The van der Waals surface area contributed by atoms with Crippen LogP contribution in [0.2, 0.25) is 0 Å². The first-order chi connectivity index (χ1) is 10.5. The fourth-order valence-corrected chi connectivity index (χ4v) is 2.42. The molecule has 1 N–H and O–H groups in total. The Bertz CT molecular complexity index is 662. The molecule has 0 atom stereocenters. The number of halogens is 1. The highest BCUT2D eigenvalue weighted by molar-refractivity contribution is 5.59. The van der Waals surface area contributed by atoms with Crippen LogP contribution in [-0.4, -0.2) is 23.7 Å². The first-order valence-corrected chi connectivity index (χ1v) is 6.85. The summed E-state index contributed by atoms with van der Waals surface area (Å²) in [4.78, 5) is 11.9. The van der Waals surface area contributed by atoms with Crippen LogP contribution in [0.15, 0.2) is 42.5 Å². The third kappa shape index (κ3) is 3.59. The molecule has 0 aromatic heterocycles. The van der Waals surface area contributed by atoms with Crippen molar-refractivity contribution < 1.29 is 14.4 Å². The predicted octanol–water partition coefficient (Wildman–Crippen LogP) is 2.91. The van der Waals surface area contributed by atoms with Gasteiger partial charge in [0.05, 0.1) is 16.7 Å². The van der Waals surface area contributed by atoms with Gasteiger partial charge in [-0.2, -0.15) is 0 Å². The van der Waals surface area contributed by atoms with Crippen LogP contribution in [0, 0.1) is 15.9 Å². The largest absolute Gasteiger partial charge is 0.396 e. The van der Waals surface area contributed by atoms with Crippen molar-refractivity contribution in [3.8, 4) is 0 Å². The number of aliphatic hydroxyl groups excluding tert-OH is 1. The second kappa shape index (κ2) is 7.00. The molecule has 5 nitrogen and oxygen atoms in total. The molecule has 0 spiro atoms. The van der Waals surface area contributed by atoms with Gasteiger partial charge < -0.3 is 10.0 Å². The number of nitro benzene ring substituents is 1. The van der Waals surface area contributed by atoms with E-state index in [2.05, 4.69) is 0 Å². The number of hydrogen-bond donors (Lipinski definition) is 1. The molecule has 6 heteroatoms. The van der Waals surface area contributed by atoms with Crippen molar-refractivity contribution in [3.63, 3.8) is 0 Å². The Morgan fingerprint density at radius 1 is 1.27 bits per heavy atom. The van der Waals surface area contributed by atoms with Gasteiger partial charge in [0.15, 0.2) is 5.82 Å². The molecule has 0 saturated heterocycles. The van der Waals surface area contributed by atoms with Gasteiger partial charge in [-0.1, -0.05) is 30.3 Å². The lowest BCUT2D eigenvalue weighted by atomic mass is 10.1. The number of nitrogens with zero attached hydrogens (tertiary/aromatic N) is 2. The van der Waals surface area contributed by atoms with Gasteiger partial charge >= 0.3 is 0 Å². The average Bonchev–Trinajstić information content (AvgIpc) is 2.47. The lowest BCUT2D eigenvalue weighted by Crippen LogP contribution is -2.20. The highest BCUT2D eigenvalue weighted by atomic mass is 19.1. The summed E-state index contributed by atoms with van der Waals surface area (Å²) in [6.45, 7) is 0.265. The molecule has 0 saturated carbocycles. The zero-order chi connectivity index (χ0) is 16.1. The van der Waals surface area contributed by atoms with E-state index >= 15 is 0 Å². The van der Waals surface area contributed by atoms with E-state index in [1.54, 1.807) is 11.9 Å². The molecule has 0 aliphatic rings. The molecule has 22 heavy (non-hydrogen) atoms. The molecule has 0 aliphatic heterocycles. The van der Waals surface area contributed by atoms with Gasteiger partial charge in [0, 0.05) is 26.3 Å². The second-order valence-corrected chi connectivity index (χ2v) is 5.01. The van der Waals surface area contributed by atoms with Crippen LogP contribution >= 0.6 is 0 Å². The Balaban J connectivity index is 2.37. The van der Waals surface area contributed by atoms with Crippen LogP contribution in [-0.2, 0) is 13.0 Å². The molecule has 2 aromatic rings. The topological polar surface area (TPSA) is 66.6 Å². The molecule has 2 rings (SSSR count). The third-order valence-electron chi connectivity index (χ3n) is 3.36. The SMILES string of the molecule is CN(Cc1ccccc1)c1c(F)cc([N+](=O)[O-])cc1CCO. The van der Waals surface area contributed by atoms with E-state index in [4.69, 9.17) is 5.11 Å². The fraction of sp³-hybridized carbons (Fsp3) is 0.250. The Morgan fingerprint density at radius 2 is 1.95 bits per heavy atom. The third-order valence-corrected chi connectivity index (χ3v) is 3.36. The monoisotopic (exact) mass is 304 g/mol. The van der Waals surface area contributed by atoms with Crippen LogP contribution in [0.3, 0.4) is 0 Å². The molecule has 2 aromatic carbocycles. The first-order valence-electron chi connectivity index (χ1n) is 6.85. The number of anilines is 1. The zero-order valence-electron chi connectivity index (χ0n) is 12.2. The quantitative estimate of drug-likeness (QED) is 0.658. The summed E-state index contributed by atoms with van der Waals surface area (Å²) in [5.41, 5.74) is 1.40. The van der Waals surface area contributed by atoms with E-state index in [0.717, 1.165) is 11.6 Å². The maximum absolute atomic E-state index is 14.3. The van der Waals surface area contributed by atoms with Crippen LogP contribution in [0.4, 0.5) is 15.8 Å². The summed E-state index contributed by atoms with van der Waals surface area (Å²) < 4.78 is 14.3. The minimum Gasteiger partial charge on any atom is -0.396 e. The second-order valence-electron chi connectivity index (χ2n) is 5.01. The summed E-state index contributed by atoms with van der Waals surface area (Å²) in [7, 11) is 1.72. The summed E-state index contributed by atoms with van der Waals surface area (Å²) >= 11 is 0. The molecular weight excluding hydrogens is 287 g/mol. The fourth-order valence-electron chi connectivity index (χ4n) is 2.42. The van der Waals surface area contributed by atoms with Gasteiger partial charge in [-0.05, 0) is 17.5 Å². The summed E-state index contributed by atoms with van der Waals surface area (Å²) in [6, 6.07) is 11.8. The number of nitro groups is 1. The Kier molecular flexibility index (Phi) is 5.06. The molecular formula is C16H17FN2O3. The number of rotatable bonds is 6. The Labute approximate surface area is 127 Å². The summed E-state index contributed by atoms with van der Waals surface area (Å²) in [6.07, 6.45) is 0.160.